The summed E-state index contributed by atoms with van der Waals surface area (Å²) in [5, 5.41) is 0. The van der Waals surface area contributed by atoms with E-state index in [1.807, 2.05) is 93.0 Å². The first-order valence-corrected chi connectivity index (χ1v) is 13.0. The summed E-state index contributed by atoms with van der Waals surface area (Å²) in [7, 11) is -6.27. The predicted octanol–water partition coefficient (Wildman–Crippen LogP) is 3.95. The van der Waals surface area contributed by atoms with Gasteiger partial charge in [0, 0.05) is 0 Å². The van der Waals surface area contributed by atoms with Gasteiger partial charge in [0.05, 0.1) is 0 Å². The number of rotatable bonds is 7. The van der Waals surface area contributed by atoms with Crippen LogP contribution in [-0.2, 0) is 12.3 Å². The first kappa shape index (κ1) is 25.1. The van der Waals surface area contributed by atoms with Crippen molar-refractivity contribution in [3.8, 4) is 0 Å². The van der Waals surface area contributed by atoms with Crippen LogP contribution in [0.15, 0.2) is 60.7 Å². The second-order valence-electron chi connectivity index (χ2n) is 7.52. The molecule has 0 aliphatic rings. The fraction of sp³-hybridized carbons (Fsp3) is 0.400. The van der Waals surface area contributed by atoms with E-state index < -0.39 is 15.7 Å². The average molecular weight is 428 g/mol. The molecule has 2 aromatic carbocycles. The Morgan fingerprint density at radius 3 is 1.32 bits per heavy atom. The maximum absolute atomic E-state index is 11.8. The molecule has 2 rings (SSSR count). The van der Waals surface area contributed by atoms with Gasteiger partial charge in [0.15, 0.2) is 0 Å². The molecule has 0 radical (unpaired) electrons. The minimum atomic E-state index is -4.15. The zero-order chi connectivity index (χ0) is 21.4. The summed E-state index contributed by atoms with van der Waals surface area (Å²) in [6.07, 6.45) is 0.551. The van der Waals surface area contributed by atoms with Gasteiger partial charge in [-0.2, -0.15) is 0 Å². The molecule has 6 nitrogen and oxygen atoms in total. The Hall–Kier alpha value is -0.940. The van der Waals surface area contributed by atoms with E-state index in [0.717, 1.165) is 11.1 Å². The van der Waals surface area contributed by atoms with Gasteiger partial charge in [-0.15, -0.1) is 0 Å². The van der Waals surface area contributed by atoms with Gasteiger partial charge in [0.2, 0.25) is 8.53 Å². The number of hydrogen-bond acceptors (Lipinski definition) is 6. The van der Waals surface area contributed by atoms with E-state index in [9.17, 15) is 9.79 Å². The van der Waals surface area contributed by atoms with Gasteiger partial charge >= 0.3 is 146 Å². The van der Waals surface area contributed by atoms with E-state index in [2.05, 4.69) is 5.50 Å². The number of hydrogen-bond donors (Lipinski definition) is 5. The van der Waals surface area contributed by atoms with E-state index in [1.54, 1.807) is 0 Å². The molecule has 158 valence electrons. The summed E-state index contributed by atoms with van der Waals surface area (Å²) >= 11 is 0. The normalized spacial score (nSPS) is 13.4. The van der Waals surface area contributed by atoms with Crippen LogP contribution in [0.2, 0.25) is 0 Å². The molecule has 28 heavy (non-hydrogen) atoms. The van der Waals surface area contributed by atoms with Gasteiger partial charge in [-0.3, -0.25) is 5.50 Å². The quantitative estimate of drug-likeness (QED) is 0.427. The van der Waals surface area contributed by atoms with E-state index in [1.165, 1.54) is 0 Å². The van der Waals surface area contributed by atoms with Gasteiger partial charge in [-0.05, 0) is 0 Å². The Morgan fingerprint density at radius 2 is 1.07 bits per heavy atom. The summed E-state index contributed by atoms with van der Waals surface area (Å²) in [4.78, 5) is 38.5. The van der Waals surface area contributed by atoms with Crippen LogP contribution in [0, 0.1) is 0 Å². The minimum absolute atomic E-state index is 0.0464. The van der Waals surface area contributed by atoms with Crippen LogP contribution < -0.4 is 5.50 Å². The topological polar surface area (TPSA) is 110 Å². The maximum Gasteiger partial charge on any atom is 0.247 e. The third kappa shape index (κ3) is 7.82. The fourth-order valence-corrected chi connectivity index (χ4v) is 8.29. The largest absolute Gasteiger partial charge is 0.338 e. The Morgan fingerprint density at radius 1 is 0.786 bits per heavy atom. The van der Waals surface area contributed by atoms with E-state index >= 15 is 0 Å². The van der Waals surface area contributed by atoms with Gasteiger partial charge < -0.3 is 9.79 Å². The first-order chi connectivity index (χ1) is 12.9. The van der Waals surface area contributed by atoms with E-state index in [-0.39, 0.29) is 24.4 Å². The molecule has 0 saturated carbocycles. The number of nitrogens with two attached hydrogens (primary N) is 1. The average Bonchev–Trinajstić information content (AvgIpc) is 2.54. The predicted molar refractivity (Wildman–Crippen MR) is 119 cm³/mol. The summed E-state index contributed by atoms with van der Waals surface area (Å²) < 4.78 is 1.94. The van der Waals surface area contributed by atoms with Crippen molar-refractivity contribution in [1.29, 1.82) is 0 Å². The van der Waals surface area contributed by atoms with Crippen molar-refractivity contribution in [2.24, 2.45) is 5.50 Å². The van der Waals surface area contributed by atoms with Crippen LogP contribution >= 0.6 is 15.7 Å². The summed E-state index contributed by atoms with van der Waals surface area (Å²) in [5.74, 6) is 0. The van der Waals surface area contributed by atoms with Crippen molar-refractivity contribution in [3.63, 3.8) is 0 Å². The molecule has 0 spiro atoms. The Labute approximate surface area is 169 Å². The SMILES string of the molecule is CC(C)N(C(C)C)P(O)(O)(Cc1ccccc1)Cc1ccccc1.NP(O)O. The molecule has 0 aliphatic heterocycles. The molecule has 0 bridgehead atoms. The number of benzene rings is 2. The minimum Gasteiger partial charge on any atom is -0.338 e. The van der Waals surface area contributed by atoms with E-state index in [4.69, 9.17) is 9.79 Å². The van der Waals surface area contributed by atoms with Crippen LogP contribution in [0.3, 0.4) is 0 Å². The van der Waals surface area contributed by atoms with Crippen LogP contribution in [0.5, 0.6) is 0 Å². The molecule has 0 aromatic heterocycles. The maximum atomic E-state index is 11.8. The monoisotopic (exact) mass is 428 g/mol. The van der Waals surface area contributed by atoms with Gasteiger partial charge in [0.25, 0.3) is 0 Å². The first-order valence-electron chi connectivity index (χ1n) is 9.24. The van der Waals surface area contributed by atoms with Gasteiger partial charge in [-0.25, -0.2) is 0 Å². The molecule has 6 N–H and O–H groups in total. The van der Waals surface area contributed by atoms with E-state index in [0.29, 0.717) is 0 Å². The fourth-order valence-electron chi connectivity index (χ4n) is 3.80. The second kappa shape index (κ2) is 10.7. The standard InChI is InChI=1S/C20H30NO2P.H4NO2P/c1-17(2)21(18(3)4)24(22,23,15-19-11-7-5-8-12-19)16-20-13-9-6-10-14-20;1-4(2)3/h5-14,17-18,22-23H,15-16H2,1-4H3;2-3H,1H2. The summed E-state index contributed by atoms with van der Waals surface area (Å²) in [6.45, 7) is 8.13. The zero-order valence-electron chi connectivity index (χ0n) is 17.1. The molecule has 8 heteroatoms. The molecule has 0 unspecified atom stereocenters. The van der Waals surface area contributed by atoms with Crippen molar-refractivity contribution >= 4 is 15.7 Å². The smallest absolute Gasteiger partial charge is 0.247 e. The molecule has 0 fully saturated rings. The second-order valence-corrected chi connectivity index (χ2v) is 11.9. The third-order valence-corrected chi connectivity index (χ3v) is 8.31. The number of nitrogens with zero attached hydrogens (tertiary/aromatic N) is 1. The summed E-state index contributed by atoms with van der Waals surface area (Å²) in [5.41, 5.74) is 6.21. The molecule has 0 aliphatic carbocycles. The van der Waals surface area contributed by atoms with Crippen LogP contribution in [0.25, 0.3) is 0 Å². The molecule has 0 heterocycles. The Kier molecular flexibility index (Phi) is 9.61. The molecule has 2 aromatic rings. The van der Waals surface area contributed by atoms with Crippen LogP contribution in [0.1, 0.15) is 38.8 Å². The van der Waals surface area contributed by atoms with Crippen molar-refractivity contribution in [1.82, 2.24) is 4.67 Å². The van der Waals surface area contributed by atoms with Crippen molar-refractivity contribution < 1.29 is 19.6 Å². The molecular formula is C20H34N2O4P2. The molecule has 0 amide bonds. The van der Waals surface area contributed by atoms with Crippen molar-refractivity contribution in [3.05, 3.63) is 71.8 Å². The van der Waals surface area contributed by atoms with Gasteiger partial charge in [0.1, 0.15) is 0 Å². The molecule has 0 saturated heterocycles. The van der Waals surface area contributed by atoms with Crippen LogP contribution in [0.4, 0.5) is 0 Å². The molecular weight excluding hydrogens is 394 g/mol. The Balaban J connectivity index is 0.000000892. The van der Waals surface area contributed by atoms with Crippen LogP contribution in [-0.4, -0.2) is 36.3 Å². The van der Waals surface area contributed by atoms with Gasteiger partial charge in [-0.1, -0.05) is 0 Å². The Bertz CT molecular complexity index is 642. The molecule has 0 atom stereocenters. The summed E-state index contributed by atoms with van der Waals surface area (Å²) in [6, 6.07) is 19.7. The van der Waals surface area contributed by atoms with Crippen molar-refractivity contribution in [2.75, 3.05) is 0 Å². The van der Waals surface area contributed by atoms with Crippen molar-refractivity contribution in [2.45, 2.75) is 52.1 Å². The zero-order valence-corrected chi connectivity index (χ0v) is 18.8. The third-order valence-electron chi connectivity index (χ3n) is 4.29.